The van der Waals surface area contributed by atoms with Gasteiger partial charge in [-0.15, -0.1) is 13.3 Å². The fraction of sp³-hybridized carbons (Fsp3) is 0.412. The molecule has 0 heterocycles. The summed E-state index contributed by atoms with van der Waals surface area (Å²) in [6, 6.07) is 30.7. The van der Waals surface area contributed by atoms with Crippen LogP contribution in [0.15, 0.2) is 132 Å². The van der Waals surface area contributed by atoms with Crippen molar-refractivity contribution in [3.63, 3.8) is 0 Å². The third kappa shape index (κ3) is 8.18. The summed E-state index contributed by atoms with van der Waals surface area (Å²) >= 11 is 1.60. The first-order valence-electron chi connectivity index (χ1n) is 19.8. The summed E-state index contributed by atoms with van der Waals surface area (Å²) in [6.45, 7) is 20.3. The maximum absolute atomic E-state index is 2.99. The van der Waals surface area contributed by atoms with Crippen LogP contribution in [0.25, 0.3) is 5.57 Å². The summed E-state index contributed by atoms with van der Waals surface area (Å²) in [5.41, 5.74) is 13.2. The summed E-state index contributed by atoms with van der Waals surface area (Å²) in [5.74, 6) is 2.24. The van der Waals surface area contributed by atoms with Crippen LogP contribution in [0.1, 0.15) is 110 Å². The molecule has 2 atom stereocenters. The average Bonchev–Trinajstić information content (AvgIpc) is 3.86. The number of hydrogen-bond acceptors (Lipinski definition) is 0. The fourth-order valence-electron chi connectivity index (χ4n) is 9.91. The van der Waals surface area contributed by atoms with Gasteiger partial charge in [-0.05, 0) is 40.6 Å². The minimum absolute atomic E-state index is 0. The van der Waals surface area contributed by atoms with E-state index < -0.39 is 0 Å². The molecule has 2 unspecified atom stereocenters. The van der Waals surface area contributed by atoms with E-state index in [1.54, 1.807) is 55.7 Å². The summed E-state index contributed by atoms with van der Waals surface area (Å²) in [6.07, 6.45) is 23.4. The van der Waals surface area contributed by atoms with Gasteiger partial charge in [0.2, 0.25) is 0 Å². The molecule has 5 aliphatic rings. The first-order chi connectivity index (χ1) is 24.8. The van der Waals surface area contributed by atoms with Gasteiger partial charge in [-0.2, -0.15) is 17.2 Å². The van der Waals surface area contributed by atoms with Crippen LogP contribution < -0.4 is 24.8 Å². The standard InChI is InChI=1S/C29H37.C17H18.C5H5.2ClH.Zr/c1-18-25-22-17-19-13-9-10-14-20(19)24(22)21-15-11-12-16-23(21)29(25,8)28(6,7)27(4,5)26(18,2)3;1-4-10-16(11-5-1)14-8-3-9-15-17-12-6-2-7-13-17;1-2-4-5-3-1;;;/h9-11,13-15,23H,12,16-17H2,1-8H3;1-2,4-7,10-13H,8-9,14-15H2;1-3H,4H2;2*1H;/q-1;;-1;;;+2/p-2. The van der Waals surface area contributed by atoms with E-state index in [1.807, 2.05) is 12.2 Å². The molecule has 1 fully saturated rings. The van der Waals surface area contributed by atoms with Crippen molar-refractivity contribution in [3.8, 4) is 0 Å². The molecule has 1 saturated carbocycles. The Labute approximate surface area is 355 Å². The third-order valence-corrected chi connectivity index (χ3v) is 15.7. The summed E-state index contributed by atoms with van der Waals surface area (Å²) in [7, 11) is 0. The van der Waals surface area contributed by atoms with Crippen LogP contribution in [-0.2, 0) is 43.5 Å². The van der Waals surface area contributed by atoms with Crippen LogP contribution in [0.4, 0.5) is 0 Å². The van der Waals surface area contributed by atoms with Gasteiger partial charge in [-0.1, -0.05) is 113 Å². The zero-order valence-electron chi connectivity index (χ0n) is 34.0. The van der Waals surface area contributed by atoms with Crippen LogP contribution >= 0.6 is 0 Å². The minimum atomic E-state index is 0. The molecule has 5 aliphatic carbocycles. The zero-order chi connectivity index (χ0) is 37.1. The molecule has 0 amide bonds. The molecule has 54 heavy (non-hydrogen) atoms. The molecule has 0 nitrogen and oxygen atoms in total. The molecule has 0 spiro atoms. The van der Waals surface area contributed by atoms with Gasteiger partial charge in [0.15, 0.2) is 0 Å². The number of aryl methyl sites for hydroxylation is 2. The quantitative estimate of drug-likeness (QED) is 0.230. The molecule has 3 aromatic rings. The molecule has 0 saturated heterocycles. The van der Waals surface area contributed by atoms with E-state index in [1.165, 1.54) is 60.8 Å². The Hall–Kier alpha value is -2.44. The number of halogens is 2. The second-order valence-corrected chi connectivity index (χ2v) is 19.1. The van der Waals surface area contributed by atoms with Crippen molar-refractivity contribution in [1.29, 1.82) is 0 Å². The maximum atomic E-state index is 2.99. The molecule has 3 heteroatoms. The van der Waals surface area contributed by atoms with E-state index >= 15 is 0 Å². The molecule has 0 aliphatic heterocycles. The van der Waals surface area contributed by atoms with Crippen molar-refractivity contribution in [3.05, 3.63) is 166 Å². The number of rotatable bonds is 6. The van der Waals surface area contributed by atoms with Gasteiger partial charge in [0.05, 0.1) is 0 Å². The van der Waals surface area contributed by atoms with Crippen molar-refractivity contribution in [2.75, 3.05) is 0 Å². The second kappa shape index (κ2) is 18.2. The first-order valence-corrected chi connectivity index (χ1v) is 21.0. The monoisotopic (exact) mass is 832 g/mol. The van der Waals surface area contributed by atoms with Crippen molar-refractivity contribution in [2.45, 2.75) is 107 Å². The van der Waals surface area contributed by atoms with E-state index in [0.717, 1.165) is 12.8 Å². The molecular weight excluding hydrogens is 775 g/mol. The molecular formula is C51H60Cl2Zr-2. The van der Waals surface area contributed by atoms with Crippen LogP contribution in [0, 0.1) is 39.6 Å². The molecule has 0 bridgehead atoms. The van der Waals surface area contributed by atoms with Gasteiger partial charge >= 0.3 is 125 Å². The number of benzene rings is 3. The Morgan fingerprint density at radius 3 is 1.87 bits per heavy atom. The van der Waals surface area contributed by atoms with Crippen LogP contribution in [0.3, 0.4) is 0 Å². The molecule has 0 aromatic heterocycles. The molecule has 8 rings (SSSR count). The van der Waals surface area contributed by atoms with Crippen molar-refractivity contribution in [2.24, 2.45) is 27.6 Å². The summed E-state index contributed by atoms with van der Waals surface area (Å²) in [5, 5.41) is 0. The number of allylic oxidation sites excluding steroid dienone is 10. The Kier molecular flexibility index (Phi) is 14.9. The Morgan fingerprint density at radius 1 is 0.759 bits per heavy atom. The van der Waals surface area contributed by atoms with Crippen molar-refractivity contribution >= 4 is 8.78 Å². The topological polar surface area (TPSA) is 0 Å². The zero-order valence-corrected chi connectivity index (χ0v) is 37.9. The fourth-order valence-corrected chi connectivity index (χ4v) is 10.5. The van der Waals surface area contributed by atoms with E-state index in [0.29, 0.717) is 5.92 Å². The van der Waals surface area contributed by atoms with E-state index in [2.05, 4.69) is 165 Å². The number of fused-ring (bicyclic) bond motifs is 6. The molecule has 3 aromatic carbocycles. The van der Waals surface area contributed by atoms with Gasteiger partial charge in [0.1, 0.15) is 0 Å². The van der Waals surface area contributed by atoms with E-state index in [4.69, 9.17) is 0 Å². The number of hydrogen-bond donors (Lipinski definition) is 0. The van der Waals surface area contributed by atoms with Gasteiger partial charge in [0.25, 0.3) is 0 Å². The molecule has 284 valence electrons. The summed E-state index contributed by atoms with van der Waals surface area (Å²) < 4.78 is 1.69. The van der Waals surface area contributed by atoms with Crippen molar-refractivity contribution in [1.82, 2.24) is 0 Å². The second-order valence-electron chi connectivity index (χ2n) is 17.3. The van der Waals surface area contributed by atoms with Crippen LogP contribution in [-0.4, -0.2) is 3.21 Å². The Balaban J connectivity index is 0.000000222. The molecule has 0 radical (unpaired) electrons. The third-order valence-electron chi connectivity index (χ3n) is 14.5. The SMILES string of the molecule is C[C-]1C2=C3Cc4ccccc4C3=C3C=CCCC3C2(C)C(C)(C)C(C)(C)C1(C)C.[C-]1=CC=CC1.[Cl-].[Cl-].[Zr+2]=[C](CCc1ccccc1)CCc1ccccc1. The van der Waals surface area contributed by atoms with Crippen LogP contribution in [0.5, 0.6) is 0 Å². The van der Waals surface area contributed by atoms with Crippen LogP contribution in [0.2, 0.25) is 0 Å². The normalized spacial score (nSPS) is 22.9. The first kappa shape index (κ1) is 44.3. The average molecular weight is 835 g/mol. The van der Waals surface area contributed by atoms with Gasteiger partial charge < -0.3 is 24.8 Å². The predicted octanol–water partition coefficient (Wildman–Crippen LogP) is 7.25. The van der Waals surface area contributed by atoms with Gasteiger partial charge in [0, 0.05) is 0 Å². The molecule has 0 N–H and O–H groups in total. The summed E-state index contributed by atoms with van der Waals surface area (Å²) in [4.78, 5) is 0. The van der Waals surface area contributed by atoms with Gasteiger partial charge in [-0.25, -0.2) is 18.1 Å². The Morgan fingerprint density at radius 2 is 1.33 bits per heavy atom. The van der Waals surface area contributed by atoms with E-state index in [9.17, 15) is 0 Å². The Bertz CT molecular complexity index is 1850. The predicted molar refractivity (Wildman–Crippen MR) is 220 cm³/mol. The van der Waals surface area contributed by atoms with Gasteiger partial charge in [-0.3, -0.25) is 6.08 Å². The van der Waals surface area contributed by atoms with E-state index in [-0.39, 0.29) is 46.5 Å². The van der Waals surface area contributed by atoms with Crippen molar-refractivity contribution < 1.29 is 49.0 Å².